The third kappa shape index (κ3) is 9.08. The maximum atomic E-state index is 12.3. The number of benzene rings is 1. The van der Waals surface area contributed by atoms with Crippen molar-refractivity contribution >= 4 is 17.8 Å². The van der Waals surface area contributed by atoms with Crippen molar-refractivity contribution in [2.75, 3.05) is 13.2 Å². The summed E-state index contributed by atoms with van der Waals surface area (Å²) in [5.74, 6) is -0.0951. The molecule has 0 fully saturated rings. The van der Waals surface area contributed by atoms with Gasteiger partial charge in [0.05, 0.1) is 6.61 Å². The standard InChI is InChI=1S/C20H29NO6/c1-6-25-16-11-9-15(10-12-16)18(23)14(2)26-17(22)8-7-13-21-19(24)27-20(3,4)5/h9-12,14H,6-8,13H2,1-5H3,(H,21,24)/t14-/m1/s1. The molecule has 150 valence electrons. The van der Waals surface area contributed by atoms with E-state index < -0.39 is 23.8 Å². The molecule has 0 spiro atoms. The molecule has 0 aliphatic rings. The van der Waals surface area contributed by atoms with E-state index in [2.05, 4.69) is 5.32 Å². The number of Topliss-reactive ketones (excluding diaryl/α,β-unsaturated/α-hetero) is 1. The van der Waals surface area contributed by atoms with Gasteiger partial charge in [0.25, 0.3) is 0 Å². The van der Waals surface area contributed by atoms with Gasteiger partial charge in [0.1, 0.15) is 11.4 Å². The number of rotatable bonds is 9. The van der Waals surface area contributed by atoms with Crippen molar-refractivity contribution in [1.29, 1.82) is 0 Å². The monoisotopic (exact) mass is 379 g/mol. The van der Waals surface area contributed by atoms with Gasteiger partial charge in [0, 0.05) is 18.5 Å². The topological polar surface area (TPSA) is 90.9 Å². The number of ether oxygens (including phenoxy) is 3. The van der Waals surface area contributed by atoms with Gasteiger partial charge in [0.15, 0.2) is 6.10 Å². The number of hydrogen-bond donors (Lipinski definition) is 1. The molecule has 0 aliphatic heterocycles. The van der Waals surface area contributed by atoms with Crippen LogP contribution in [0, 0.1) is 0 Å². The quantitative estimate of drug-likeness (QED) is 0.401. The third-order valence-electron chi connectivity index (χ3n) is 3.35. The summed E-state index contributed by atoms with van der Waals surface area (Å²) in [5, 5.41) is 2.56. The second-order valence-corrected chi connectivity index (χ2v) is 6.99. The number of hydrogen-bond acceptors (Lipinski definition) is 6. The van der Waals surface area contributed by atoms with E-state index in [4.69, 9.17) is 14.2 Å². The lowest BCUT2D eigenvalue weighted by molar-refractivity contribution is -0.146. The molecule has 0 aromatic heterocycles. The largest absolute Gasteiger partial charge is 0.494 e. The highest BCUT2D eigenvalue weighted by molar-refractivity contribution is 6.00. The summed E-state index contributed by atoms with van der Waals surface area (Å²) in [6.45, 7) is 9.56. The smallest absolute Gasteiger partial charge is 0.407 e. The molecular weight excluding hydrogens is 350 g/mol. The Morgan fingerprint density at radius 1 is 1.11 bits per heavy atom. The molecule has 0 heterocycles. The second kappa shape index (κ2) is 10.5. The fourth-order valence-electron chi connectivity index (χ4n) is 2.16. The predicted molar refractivity (Wildman–Crippen MR) is 101 cm³/mol. The van der Waals surface area contributed by atoms with Gasteiger partial charge in [0.2, 0.25) is 5.78 Å². The van der Waals surface area contributed by atoms with E-state index in [0.29, 0.717) is 24.3 Å². The number of ketones is 1. The van der Waals surface area contributed by atoms with E-state index in [1.165, 1.54) is 6.92 Å². The molecule has 0 unspecified atom stereocenters. The van der Waals surface area contributed by atoms with Crippen molar-refractivity contribution < 1.29 is 28.6 Å². The van der Waals surface area contributed by atoms with Crippen LogP contribution >= 0.6 is 0 Å². The zero-order valence-corrected chi connectivity index (χ0v) is 16.7. The highest BCUT2D eigenvalue weighted by atomic mass is 16.6. The maximum absolute atomic E-state index is 12.3. The molecule has 0 bridgehead atoms. The molecule has 7 heteroatoms. The Bertz CT molecular complexity index is 633. The van der Waals surface area contributed by atoms with Gasteiger partial charge in [-0.05, 0) is 65.3 Å². The fraction of sp³-hybridized carbons (Fsp3) is 0.550. The summed E-state index contributed by atoms with van der Waals surface area (Å²) in [6, 6.07) is 6.69. The van der Waals surface area contributed by atoms with Gasteiger partial charge in [-0.25, -0.2) is 4.79 Å². The van der Waals surface area contributed by atoms with Crippen LogP contribution in [-0.2, 0) is 14.3 Å². The van der Waals surface area contributed by atoms with E-state index in [9.17, 15) is 14.4 Å². The molecule has 0 saturated heterocycles. The molecule has 1 aromatic rings. The number of amides is 1. The lowest BCUT2D eigenvalue weighted by Crippen LogP contribution is -2.33. The van der Waals surface area contributed by atoms with Crippen molar-refractivity contribution in [2.24, 2.45) is 0 Å². The van der Waals surface area contributed by atoms with Crippen LogP contribution in [0.2, 0.25) is 0 Å². The van der Waals surface area contributed by atoms with E-state index in [1.54, 1.807) is 45.0 Å². The Morgan fingerprint density at radius 2 is 1.74 bits per heavy atom. The Balaban J connectivity index is 2.34. The molecule has 0 saturated carbocycles. The van der Waals surface area contributed by atoms with Crippen LogP contribution in [0.3, 0.4) is 0 Å². The van der Waals surface area contributed by atoms with Crippen LogP contribution in [0.15, 0.2) is 24.3 Å². The maximum Gasteiger partial charge on any atom is 0.407 e. The van der Waals surface area contributed by atoms with Gasteiger partial charge < -0.3 is 19.5 Å². The molecule has 0 radical (unpaired) electrons. The fourth-order valence-corrected chi connectivity index (χ4v) is 2.16. The Labute approximate surface area is 160 Å². The van der Waals surface area contributed by atoms with E-state index in [-0.39, 0.29) is 18.7 Å². The number of carbonyl (C=O) groups excluding carboxylic acids is 3. The van der Waals surface area contributed by atoms with Crippen molar-refractivity contribution in [3.05, 3.63) is 29.8 Å². The number of alkyl carbamates (subject to hydrolysis) is 1. The molecular formula is C20H29NO6. The molecule has 1 N–H and O–H groups in total. The highest BCUT2D eigenvalue weighted by Crippen LogP contribution is 2.14. The first-order valence-electron chi connectivity index (χ1n) is 9.05. The summed E-state index contributed by atoms with van der Waals surface area (Å²) in [6.07, 6.45) is -0.928. The summed E-state index contributed by atoms with van der Waals surface area (Å²) < 4.78 is 15.6. The second-order valence-electron chi connectivity index (χ2n) is 6.99. The van der Waals surface area contributed by atoms with Gasteiger partial charge in [-0.3, -0.25) is 9.59 Å². The molecule has 0 aliphatic carbocycles. The number of esters is 1. The molecule has 1 atom stereocenters. The zero-order valence-electron chi connectivity index (χ0n) is 16.7. The number of nitrogens with one attached hydrogen (secondary N) is 1. The van der Waals surface area contributed by atoms with Gasteiger partial charge in [-0.2, -0.15) is 0 Å². The van der Waals surface area contributed by atoms with Gasteiger partial charge >= 0.3 is 12.1 Å². The summed E-state index contributed by atoms with van der Waals surface area (Å²) in [4.78, 5) is 35.7. The molecule has 1 aromatic carbocycles. The van der Waals surface area contributed by atoms with Crippen LogP contribution in [0.5, 0.6) is 5.75 Å². The normalized spacial score (nSPS) is 12.0. The van der Waals surface area contributed by atoms with Gasteiger partial charge in [-0.1, -0.05) is 0 Å². The molecule has 7 nitrogen and oxygen atoms in total. The summed E-state index contributed by atoms with van der Waals surface area (Å²) in [5.41, 5.74) is -0.120. The third-order valence-corrected chi connectivity index (χ3v) is 3.35. The number of carbonyl (C=O) groups is 3. The van der Waals surface area contributed by atoms with Crippen molar-refractivity contribution in [3.63, 3.8) is 0 Å². The molecule has 1 amide bonds. The lowest BCUT2D eigenvalue weighted by Gasteiger charge is -2.19. The van der Waals surface area contributed by atoms with Crippen LogP contribution in [-0.4, -0.2) is 42.7 Å². The molecule has 1 rings (SSSR count). The average Bonchev–Trinajstić information content (AvgIpc) is 2.57. The van der Waals surface area contributed by atoms with Crippen molar-refractivity contribution in [3.8, 4) is 5.75 Å². The SMILES string of the molecule is CCOc1ccc(C(=O)[C@@H](C)OC(=O)CCCNC(=O)OC(C)(C)C)cc1. The van der Waals surface area contributed by atoms with Crippen molar-refractivity contribution in [2.45, 2.75) is 59.2 Å². The van der Waals surface area contributed by atoms with Crippen LogP contribution < -0.4 is 10.1 Å². The average molecular weight is 379 g/mol. The highest BCUT2D eigenvalue weighted by Gasteiger charge is 2.20. The Kier molecular flexibility index (Phi) is 8.78. The minimum Gasteiger partial charge on any atom is -0.494 e. The van der Waals surface area contributed by atoms with E-state index >= 15 is 0 Å². The summed E-state index contributed by atoms with van der Waals surface area (Å²) >= 11 is 0. The predicted octanol–water partition coefficient (Wildman–Crippen LogP) is 3.50. The first kappa shape index (κ1) is 22.5. The molecule has 27 heavy (non-hydrogen) atoms. The van der Waals surface area contributed by atoms with E-state index in [1.807, 2.05) is 6.92 Å². The van der Waals surface area contributed by atoms with Crippen LogP contribution in [0.4, 0.5) is 4.79 Å². The van der Waals surface area contributed by atoms with Crippen LogP contribution in [0.1, 0.15) is 57.8 Å². The Morgan fingerprint density at radius 3 is 2.30 bits per heavy atom. The Hall–Kier alpha value is -2.57. The van der Waals surface area contributed by atoms with E-state index in [0.717, 1.165) is 0 Å². The van der Waals surface area contributed by atoms with Crippen molar-refractivity contribution in [1.82, 2.24) is 5.32 Å². The van der Waals surface area contributed by atoms with Crippen LogP contribution in [0.25, 0.3) is 0 Å². The van der Waals surface area contributed by atoms with Gasteiger partial charge in [-0.15, -0.1) is 0 Å². The summed E-state index contributed by atoms with van der Waals surface area (Å²) in [7, 11) is 0. The minimum atomic E-state index is -0.880. The first-order chi connectivity index (χ1) is 12.6. The minimum absolute atomic E-state index is 0.0939. The lowest BCUT2D eigenvalue weighted by atomic mass is 10.1. The zero-order chi connectivity index (χ0) is 20.4. The first-order valence-corrected chi connectivity index (χ1v) is 9.05.